The molecule has 22 heavy (non-hydrogen) atoms. The van der Waals surface area contributed by atoms with E-state index in [1.807, 2.05) is 0 Å². The predicted octanol–water partition coefficient (Wildman–Crippen LogP) is 3.79. The summed E-state index contributed by atoms with van der Waals surface area (Å²) in [5, 5.41) is 0. The minimum Gasteiger partial charge on any atom is -0.501 e. The maximum Gasteiger partial charge on any atom is 0.417 e. The van der Waals surface area contributed by atoms with Crippen molar-refractivity contribution in [3.63, 3.8) is 0 Å². The molecule has 118 valence electrons. The molecule has 1 saturated carbocycles. The van der Waals surface area contributed by atoms with Crippen molar-refractivity contribution in [2.24, 2.45) is 5.92 Å². The largest absolute Gasteiger partial charge is 0.501 e. The van der Waals surface area contributed by atoms with Gasteiger partial charge in [-0.15, -0.1) is 0 Å². The smallest absolute Gasteiger partial charge is 0.417 e. The van der Waals surface area contributed by atoms with Gasteiger partial charge in [0.25, 0.3) is 0 Å². The summed E-state index contributed by atoms with van der Waals surface area (Å²) in [6.07, 6.45) is -2.38. The van der Waals surface area contributed by atoms with E-state index in [-0.39, 0.29) is 18.1 Å². The third-order valence-electron chi connectivity index (χ3n) is 3.30. The molecule has 1 aromatic rings. The van der Waals surface area contributed by atoms with Crippen molar-refractivity contribution in [1.29, 1.82) is 0 Å². The average Bonchev–Trinajstić information content (AvgIpc) is 3.31. The lowest BCUT2D eigenvalue weighted by molar-refractivity contribution is -0.138. The van der Waals surface area contributed by atoms with Gasteiger partial charge in [-0.1, -0.05) is 18.2 Å². The van der Waals surface area contributed by atoms with Gasteiger partial charge in [0.2, 0.25) is 0 Å². The van der Waals surface area contributed by atoms with E-state index in [1.165, 1.54) is 12.1 Å². The highest BCUT2D eigenvalue weighted by Gasteiger charge is 2.39. The first-order chi connectivity index (χ1) is 10.4. The zero-order valence-corrected chi connectivity index (χ0v) is 11.9. The van der Waals surface area contributed by atoms with Crippen LogP contribution in [0.3, 0.4) is 0 Å². The monoisotopic (exact) mass is 312 g/mol. The van der Waals surface area contributed by atoms with E-state index in [0.29, 0.717) is 12.8 Å². The summed E-state index contributed by atoms with van der Waals surface area (Å²) in [5.74, 6) is -1.68. The van der Waals surface area contributed by atoms with Gasteiger partial charge in [-0.05, 0) is 25.8 Å². The van der Waals surface area contributed by atoms with Crippen LogP contribution in [0.5, 0.6) is 0 Å². The van der Waals surface area contributed by atoms with Gasteiger partial charge in [0.1, 0.15) is 5.57 Å². The molecule has 6 heteroatoms. The maximum atomic E-state index is 13.0. The van der Waals surface area contributed by atoms with Crippen molar-refractivity contribution in [2.45, 2.75) is 25.9 Å². The van der Waals surface area contributed by atoms with Gasteiger partial charge >= 0.3 is 6.18 Å². The number of Topliss-reactive ketones (excluding diaryl/α,β-unsaturated/α-hetero) is 2. The molecular weight excluding hydrogens is 297 g/mol. The van der Waals surface area contributed by atoms with E-state index < -0.39 is 28.9 Å². The molecule has 0 amide bonds. The van der Waals surface area contributed by atoms with E-state index in [0.717, 1.165) is 18.4 Å². The quantitative estimate of drug-likeness (QED) is 0.264. The Bertz CT molecular complexity index is 613. The van der Waals surface area contributed by atoms with Crippen LogP contribution in [0.4, 0.5) is 13.2 Å². The fraction of sp³-hybridized carbons (Fsp3) is 0.375. The number of allylic oxidation sites excluding steroid dienone is 1. The summed E-state index contributed by atoms with van der Waals surface area (Å²) in [7, 11) is 0. The zero-order chi connectivity index (χ0) is 16.3. The number of hydrogen-bond acceptors (Lipinski definition) is 3. The van der Waals surface area contributed by atoms with E-state index in [9.17, 15) is 22.8 Å². The Balaban J connectivity index is 2.41. The molecule has 1 aromatic carbocycles. The number of ether oxygens (including phenoxy) is 1. The fourth-order valence-electron chi connectivity index (χ4n) is 2.03. The molecule has 0 radical (unpaired) electrons. The number of alkyl halides is 3. The predicted molar refractivity (Wildman–Crippen MR) is 73.2 cm³/mol. The molecule has 0 aliphatic heterocycles. The lowest BCUT2D eigenvalue weighted by Gasteiger charge is -2.13. The Labute approximate surface area is 125 Å². The van der Waals surface area contributed by atoms with E-state index in [2.05, 4.69) is 0 Å². The molecule has 1 fully saturated rings. The first kappa shape index (κ1) is 16.3. The minimum atomic E-state index is -4.66. The molecule has 1 aliphatic carbocycles. The average molecular weight is 312 g/mol. The van der Waals surface area contributed by atoms with Crippen LogP contribution in [-0.2, 0) is 15.7 Å². The van der Waals surface area contributed by atoms with Gasteiger partial charge in [-0.2, -0.15) is 13.2 Å². The molecule has 0 heterocycles. The molecule has 0 aromatic heterocycles. The molecule has 0 bridgehead atoms. The highest BCUT2D eigenvalue weighted by atomic mass is 19.4. The number of carbonyl (C=O) groups excluding carboxylic acids is 2. The molecule has 0 saturated heterocycles. The first-order valence-corrected chi connectivity index (χ1v) is 6.93. The van der Waals surface area contributed by atoms with E-state index in [4.69, 9.17) is 4.74 Å². The van der Waals surface area contributed by atoms with Crippen LogP contribution >= 0.6 is 0 Å². The van der Waals surface area contributed by atoms with Crippen molar-refractivity contribution >= 4 is 11.6 Å². The van der Waals surface area contributed by atoms with Gasteiger partial charge < -0.3 is 4.74 Å². The Morgan fingerprint density at radius 3 is 2.45 bits per heavy atom. The first-order valence-electron chi connectivity index (χ1n) is 6.93. The van der Waals surface area contributed by atoms with Crippen LogP contribution in [0.1, 0.15) is 35.7 Å². The summed E-state index contributed by atoms with van der Waals surface area (Å²) in [6, 6.07) is 4.44. The number of rotatable bonds is 6. The lowest BCUT2D eigenvalue weighted by Crippen LogP contribution is -2.19. The molecule has 0 atom stereocenters. The number of ketones is 2. The Morgan fingerprint density at radius 2 is 1.91 bits per heavy atom. The number of hydrogen-bond donors (Lipinski definition) is 0. The van der Waals surface area contributed by atoms with Crippen molar-refractivity contribution < 1.29 is 27.5 Å². The van der Waals surface area contributed by atoms with Gasteiger partial charge in [-0.25, -0.2) is 0 Å². The van der Waals surface area contributed by atoms with Gasteiger partial charge in [-0.3, -0.25) is 9.59 Å². The van der Waals surface area contributed by atoms with Crippen molar-refractivity contribution in [1.82, 2.24) is 0 Å². The minimum absolute atomic E-state index is 0.218. The second-order valence-electron chi connectivity index (χ2n) is 5.00. The van der Waals surface area contributed by atoms with Gasteiger partial charge in [0, 0.05) is 11.5 Å². The summed E-state index contributed by atoms with van der Waals surface area (Å²) in [5.41, 5.74) is -1.90. The van der Waals surface area contributed by atoms with Crippen molar-refractivity contribution in [2.75, 3.05) is 6.61 Å². The Kier molecular flexibility index (Phi) is 4.68. The van der Waals surface area contributed by atoms with Crippen LogP contribution in [0.25, 0.3) is 0 Å². The topological polar surface area (TPSA) is 43.4 Å². The Hall–Kier alpha value is -2.11. The molecular formula is C16H15F3O3. The summed E-state index contributed by atoms with van der Waals surface area (Å²) >= 11 is 0. The molecule has 2 rings (SSSR count). The van der Waals surface area contributed by atoms with Gasteiger partial charge in [0.15, 0.2) is 11.6 Å². The van der Waals surface area contributed by atoms with Crippen LogP contribution < -0.4 is 0 Å². The number of benzene rings is 1. The summed E-state index contributed by atoms with van der Waals surface area (Å²) < 4.78 is 44.0. The highest BCUT2D eigenvalue weighted by Crippen LogP contribution is 2.36. The second-order valence-corrected chi connectivity index (χ2v) is 5.00. The van der Waals surface area contributed by atoms with Crippen LogP contribution in [0.2, 0.25) is 0 Å². The highest BCUT2D eigenvalue weighted by molar-refractivity contribution is 6.27. The Morgan fingerprint density at radius 1 is 1.27 bits per heavy atom. The maximum absolute atomic E-state index is 13.0. The van der Waals surface area contributed by atoms with Crippen molar-refractivity contribution in [3.05, 3.63) is 47.2 Å². The normalized spacial score (nSPS) is 15.5. The molecule has 0 spiro atoms. The van der Waals surface area contributed by atoms with Crippen LogP contribution in [0, 0.1) is 5.92 Å². The fourth-order valence-corrected chi connectivity index (χ4v) is 2.03. The van der Waals surface area contributed by atoms with Crippen LogP contribution in [0.15, 0.2) is 36.1 Å². The second kappa shape index (κ2) is 6.34. The van der Waals surface area contributed by atoms with Crippen LogP contribution in [-0.4, -0.2) is 18.2 Å². The van der Waals surface area contributed by atoms with Gasteiger partial charge in [0.05, 0.1) is 18.4 Å². The van der Waals surface area contributed by atoms with Crippen molar-refractivity contribution in [3.8, 4) is 0 Å². The summed E-state index contributed by atoms with van der Waals surface area (Å²) in [4.78, 5) is 24.6. The molecule has 3 nitrogen and oxygen atoms in total. The van der Waals surface area contributed by atoms with E-state index in [1.54, 1.807) is 6.92 Å². The third kappa shape index (κ3) is 3.55. The zero-order valence-electron chi connectivity index (χ0n) is 11.9. The number of halogens is 3. The standard InChI is InChI=1S/C16H15F3O3/c1-2-22-9-12(14(20)10-7-8-10)15(21)11-5-3-4-6-13(11)16(17,18)19/h3-6,9-10H,2,7-8H2,1H3. The molecule has 0 unspecified atom stereocenters. The molecule has 1 aliphatic rings. The number of carbonyl (C=O) groups is 2. The van der Waals surface area contributed by atoms with E-state index >= 15 is 0 Å². The summed E-state index contributed by atoms with van der Waals surface area (Å²) in [6.45, 7) is 1.87. The lowest BCUT2D eigenvalue weighted by atomic mass is 9.95. The SMILES string of the molecule is CCOC=C(C(=O)c1ccccc1C(F)(F)F)C(=O)C1CC1. The molecule has 0 N–H and O–H groups in total. The third-order valence-corrected chi connectivity index (χ3v) is 3.30.